The molecule has 1 aromatic carbocycles. The van der Waals surface area contributed by atoms with Crippen LogP contribution in [0.5, 0.6) is 5.75 Å². The molecule has 1 aromatic rings. The van der Waals surface area contributed by atoms with E-state index in [9.17, 15) is 4.39 Å². The molecule has 0 saturated heterocycles. The van der Waals surface area contributed by atoms with Gasteiger partial charge in [-0.05, 0) is 32.4 Å². The van der Waals surface area contributed by atoms with Crippen molar-refractivity contribution in [2.45, 2.75) is 32.9 Å². The van der Waals surface area contributed by atoms with Crippen LogP contribution in [0, 0.1) is 24.1 Å². The van der Waals surface area contributed by atoms with E-state index in [0.29, 0.717) is 5.75 Å². The summed E-state index contributed by atoms with van der Waals surface area (Å²) in [6.07, 6.45) is 0. The van der Waals surface area contributed by atoms with Gasteiger partial charge in [0, 0.05) is 12.1 Å². The van der Waals surface area contributed by atoms with Crippen LogP contribution in [0.15, 0.2) is 18.2 Å². The fraction of sp³-hybridized carbons (Fsp3) is 0.462. The number of nitriles is 1. The molecule has 0 radical (unpaired) electrons. The zero-order chi connectivity index (χ0) is 12.8. The van der Waals surface area contributed by atoms with Crippen LogP contribution in [-0.2, 0) is 0 Å². The van der Waals surface area contributed by atoms with E-state index in [1.165, 1.54) is 12.1 Å². The van der Waals surface area contributed by atoms with Gasteiger partial charge in [0.25, 0.3) is 0 Å². The third-order valence-electron chi connectivity index (χ3n) is 2.25. The molecule has 0 fully saturated rings. The third kappa shape index (κ3) is 4.41. The van der Waals surface area contributed by atoms with E-state index < -0.39 is 6.04 Å². The molecule has 0 spiro atoms. The predicted octanol–water partition coefficient (Wildman–Crippen LogP) is 2.40. The third-order valence-corrected chi connectivity index (χ3v) is 2.25. The summed E-state index contributed by atoms with van der Waals surface area (Å²) < 4.78 is 18.4. The van der Waals surface area contributed by atoms with E-state index >= 15 is 0 Å². The minimum atomic E-state index is -0.391. The van der Waals surface area contributed by atoms with E-state index in [1.807, 2.05) is 20.8 Å². The molecule has 1 unspecified atom stereocenters. The van der Waals surface area contributed by atoms with Crippen LogP contribution in [0.3, 0.4) is 0 Å². The highest BCUT2D eigenvalue weighted by atomic mass is 19.1. The molecular weight excluding hydrogens is 219 g/mol. The van der Waals surface area contributed by atoms with Gasteiger partial charge in [0.1, 0.15) is 24.2 Å². The molecule has 1 N–H and O–H groups in total. The second-order valence-corrected chi connectivity index (χ2v) is 4.22. The van der Waals surface area contributed by atoms with Crippen LogP contribution in [0.1, 0.15) is 19.4 Å². The number of nitrogens with one attached hydrogen (secondary N) is 1. The first-order chi connectivity index (χ1) is 8.02. The Morgan fingerprint density at radius 2 is 2.18 bits per heavy atom. The fourth-order valence-corrected chi connectivity index (χ4v) is 1.43. The summed E-state index contributed by atoms with van der Waals surface area (Å²) in [5.41, 5.74) is 0.854. The van der Waals surface area contributed by atoms with Crippen LogP contribution in [-0.4, -0.2) is 18.7 Å². The van der Waals surface area contributed by atoms with Crippen molar-refractivity contribution in [1.82, 2.24) is 5.32 Å². The standard InChI is InChI=1S/C13H17FN2O/c1-9(2)16-12(7-15)8-17-13-6-11(14)5-4-10(13)3/h4-6,9,12,16H,8H2,1-3H3. The van der Waals surface area contributed by atoms with Crippen molar-refractivity contribution in [2.24, 2.45) is 0 Å². The number of rotatable bonds is 5. The number of ether oxygens (including phenoxy) is 1. The first-order valence-corrected chi connectivity index (χ1v) is 5.57. The van der Waals surface area contributed by atoms with Crippen molar-refractivity contribution in [2.75, 3.05) is 6.61 Å². The van der Waals surface area contributed by atoms with Gasteiger partial charge in [-0.2, -0.15) is 5.26 Å². The Morgan fingerprint density at radius 1 is 1.47 bits per heavy atom. The first kappa shape index (κ1) is 13.5. The van der Waals surface area contributed by atoms with Gasteiger partial charge in [0.05, 0.1) is 6.07 Å². The normalized spacial score (nSPS) is 12.2. The molecule has 1 atom stereocenters. The number of halogens is 1. The molecule has 0 saturated carbocycles. The average Bonchev–Trinajstić information content (AvgIpc) is 2.28. The summed E-state index contributed by atoms with van der Waals surface area (Å²) in [5.74, 6) is 0.145. The number of aryl methyl sites for hydroxylation is 1. The lowest BCUT2D eigenvalue weighted by Crippen LogP contribution is -2.38. The quantitative estimate of drug-likeness (QED) is 0.853. The molecule has 17 heavy (non-hydrogen) atoms. The van der Waals surface area contributed by atoms with Gasteiger partial charge in [-0.1, -0.05) is 6.07 Å². The number of benzene rings is 1. The van der Waals surface area contributed by atoms with Crippen LogP contribution < -0.4 is 10.1 Å². The molecule has 92 valence electrons. The number of hydrogen-bond donors (Lipinski definition) is 1. The van der Waals surface area contributed by atoms with Crippen molar-refractivity contribution in [3.05, 3.63) is 29.6 Å². The van der Waals surface area contributed by atoms with E-state index in [-0.39, 0.29) is 18.5 Å². The lowest BCUT2D eigenvalue weighted by atomic mass is 10.2. The topological polar surface area (TPSA) is 45.0 Å². The minimum absolute atomic E-state index is 0.205. The largest absolute Gasteiger partial charge is 0.490 e. The summed E-state index contributed by atoms with van der Waals surface area (Å²) in [6, 6.07) is 6.29. The summed E-state index contributed by atoms with van der Waals surface area (Å²) in [5, 5.41) is 12.0. The van der Waals surface area contributed by atoms with Gasteiger partial charge in [-0.3, -0.25) is 5.32 Å². The maximum atomic E-state index is 13.0. The van der Waals surface area contributed by atoms with Crippen LogP contribution in [0.4, 0.5) is 4.39 Å². The second-order valence-electron chi connectivity index (χ2n) is 4.22. The van der Waals surface area contributed by atoms with Crippen LogP contribution in [0.25, 0.3) is 0 Å². The molecule has 4 heteroatoms. The van der Waals surface area contributed by atoms with Crippen molar-refractivity contribution >= 4 is 0 Å². The highest BCUT2D eigenvalue weighted by Crippen LogP contribution is 2.18. The molecule has 0 heterocycles. The maximum absolute atomic E-state index is 13.0. The Labute approximate surface area is 101 Å². The van der Waals surface area contributed by atoms with Crippen molar-refractivity contribution < 1.29 is 9.13 Å². The van der Waals surface area contributed by atoms with E-state index in [4.69, 9.17) is 10.00 Å². The molecule has 0 aliphatic heterocycles. The van der Waals surface area contributed by atoms with Gasteiger partial charge < -0.3 is 4.74 Å². The van der Waals surface area contributed by atoms with Crippen molar-refractivity contribution in [3.63, 3.8) is 0 Å². The predicted molar refractivity (Wildman–Crippen MR) is 64.3 cm³/mol. The number of hydrogen-bond acceptors (Lipinski definition) is 3. The zero-order valence-corrected chi connectivity index (χ0v) is 10.3. The van der Waals surface area contributed by atoms with Crippen LogP contribution >= 0.6 is 0 Å². The van der Waals surface area contributed by atoms with Gasteiger partial charge >= 0.3 is 0 Å². The molecule has 0 aliphatic rings. The molecule has 0 aliphatic carbocycles. The Hall–Kier alpha value is -1.60. The summed E-state index contributed by atoms with van der Waals surface area (Å²) in [4.78, 5) is 0. The van der Waals surface area contributed by atoms with E-state index in [2.05, 4.69) is 11.4 Å². The lowest BCUT2D eigenvalue weighted by molar-refractivity contribution is 0.279. The Balaban J connectivity index is 2.60. The molecule has 0 amide bonds. The second kappa shape index (κ2) is 6.21. The first-order valence-electron chi connectivity index (χ1n) is 5.57. The zero-order valence-electron chi connectivity index (χ0n) is 10.3. The molecule has 0 bridgehead atoms. The van der Waals surface area contributed by atoms with Gasteiger partial charge in [0.15, 0.2) is 0 Å². The van der Waals surface area contributed by atoms with Crippen molar-refractivity contribution in [3.8, 4) is 11.8 Å². The molecular formula is C13H17FN2O. The average molecular weight is 236 g/mol. The smallest absolute Gasteiger partial charge is 0.130 e. The van der Waals surface area contributed by atoms with E-state index in [0.717, 1.165) is 5.56 Å². The minimum Gasteiger partial charge on any atom is -0.490 e. The summed E-state index contributed by atoms with van der Waals surface area (Å²) in [7, 11) is 0. The Kier molecular flexibility index (Phi) is 4.92. The van der Waals surface area contributed by atoms with Crippen molar-refractivity contribution in [1.29, 1.82) is 5.26 Å². The highest BCUT2D eigenvalue weighted by molar-refractivity contribution is 5.32. The highest BCUT2D eigenvalue weighted by Gasteiger charge is 2.10. The Bertz CT molecular complexity index is 412. The van der Waals surface area contributed by atoms with Gasteiger partial charge in [-0.25, -0.2) is 4.39 Å². The Morgan fingerprint density at radius 3 is 2.76 bits per heavy atom. The fourth-order valence-electron chi connectivity index (χ4n) is 1.43. The van der Waals surface area contributed by atoms with Gasteiger partial charge in [0.2, 0.25) is 0 Å². The molecule has 0 aromatic heterocycles. The monoisotopic (exact) mass is 236 g/mol. The summed E-state index contributed by atoms with van der Waals surface area (Å²) >= 11 is 0. The number of nitrogens with zero attached hydrogens (tertiary/aromatic N) is 1. The van der Waals surface area contributed by atoms with E-state index in [1.54, 1.807) is 6.07 Å². The maximum Gasteiger partial charge on any atom is 0.130 e. The molecule has 3 nitrogen and oxygen atoms in total. The SMILES string of the molecule is Cc1ccc(F)cc1OCC(C#N)NC(C)C. The summed E-state index contributed by atoms with van der Waals surface area (Å²) in [6.45, 7) is 5.96. The van der Waals surface area contributed by atoms with Gasteiger partial charge in [-0.15, -0.1) is 0 Å². The molecule has 1 rings (SSSR count). The van der Waals surface area contributed by atoms with Crippen LogP contribution in [0.2, 0.25) is 0 Å². The lowest BCUT2D eigenvalue weighted by Gasteiger charge is -2.16.